The number of aromatic amines is 1. The number of ether oxygens (including phenoxy) is 1. The molecule has 0 spiro atoms. The number of aromatic nitrogens is 2. The number of thioether (sulfide) groups is 1. The first-order chi connectivity index (χ1) is 9.79. The van der Waals surface area contributed by atoms with E-state index in [4.69, 9.17) is 9.15 Å². The van der Waals surface area contributed by atoms with E-state index in [1.165, 1.54) is 23.1 Å². The molecule has 0 saturated heterocycles. The topological polar surface area (TPSA) is 68.1 Å². The Bertz CT molecular complexity index is 762. The first-order valence-corrected chi connectivity index (χ1v) is 7.83. The van der Waals surface area contributed by atoms with Crippen molar-refractivity contribution in [2.24, 2.45) is 0 Å². The summed E-state index contributed by atoms with van der Waals surface area (Å²) in [5.74, 6) is 1.43. The highest BCUT2D eigenvalue weighted by Gasteiger charge is 2.14. The highest BCUT2D eigenvalue weighted by atomic mass is 32.2. The van der Waals surface area contributed by atoms with Crippen LogP contribution in [0.1, 0.15) is 0 Å². The maximum atomic E-state index is 12.2. The summed E-state index contributed by atoms with van der Waals surface area (Å²) in [4.78, 5) is 20.2. The van der Waals surface area contributed by atoms with Crippen LogP contribution < -0.4 is 5.56 Å². The summed E-state index contributed by atoms with van der Waals surface area (Å²) in [6, 6.07) is 3.64. The second kappa shape index (κ2) is 5.82. The van der Waals surface area contributed by atoms with Gasteiger partial charge in [-0.1, -0.05) is 11.8 Å². The maximum Gasteiger partial charge on any atom is 0.261 e. The van der Waals surface area contributed by atoms with Crippen molar-refractivity contribution in [1.82, 2.24) is 9.97 Å². The Morgan fingerprint density at radius 2 is 2.45 bits per heavy atom. The smallest absolute Gasteiger partial charge is 0.261 e. The Morgan fingerprint density at radius 3 is 3.20 bits per heavy atom. The van der Waals surface area contributed by atoms with Crippen LogP contribution in [0.25, 0.3) is 21.5 Å². The van der Waals surface area contributed by atoms with E-state index in [-0.39, 0.29) is 5.56 Å². The second-order valence-electron chi connectivity index (χ2n) is 4.02. The second-order valence-corrected chi connectivity index (χ2v) is 5.96. The first kappa shape index (κ1) is 13.4. The standard InChI is InChI=1S/C13H12N2O3S2/c1-17-5-6-19-13-14-11(16)10-8(7-20-12(10)15-13)9-3-2-4-18-9/h2-4,7H,5-6H2,1H3,(H,14,15,16). The van der Waals surface area contributed by atoms with E-state index in [1.54, 1.807) is 19.4 Å². The van der Waals surface area contributed by atoms with E-state index in [2.05, 4.69) is 9.97 Å². The van der Waals surface area contributed by atoms with E-state index < -0.39 is 0 Å². The van der Waals surface area contributed by atoms with Crippen LogP contribution in [-0.2, 0) is 4.74 Å². The van der Waals surface area contributed by atoms with Gasteiger partial charge in [0.15, 0.2) is 5.16 Å². The third-order valence-corrected chi connectivity index (χ3v) is 4.44. The molecule has 104 valence electrons. The molecule has 7 heteroatoms. The lowest BCUT2D eigenvalue weighted by Crippen LogP contribution is -2.09. The molecule has 5 nitrogen and oxygen atoms in total. The minimum atomic E-state index is -0.137. The number of fused-ring (bicyclic) bond motifs is 1. The van der Waals surface area contributed by atoms with Crippen LogP contribution >= 0.6 is 23.1 Å². The third-order valence-electron chi connectivity index (χ3n) is 2.74. The maximum absolute atomic E-state index is 12.2. The van der Waals surface area contributed by atoms with Gasteiger partial charge in [-0.25, -0.2) is 4.98 Å². The van der Waals surface area contributed by atoms with Gasteiger partial charge in [0.2, 0.25) is 0 Å². The van der Waals surface area contributed by atoms with Gasteiger partial charge >= 0.3 is 0 Å². The van der Waals surface area contributed by atoms with Crippen molar-refractivity contribution in [3.63, 3.8) is 0 Å². The van der Waals surface area contributed by atoms with E-state index >= 15 is 0 Å². The van der Waals surface area contributed by atoms with Gasteiger partial charge < -0.3 is 14.1 Å². The summed E-state index contributed by atoms with van der Waals surface area (Å²) >= 11 is 2.92. The molecule has 0 amide bonds. The summed E-state index contributed by atoms with van der Waals surface area (Å²) in [6.45, 7) is 0.620. The highest BCUT2D eigenvalue weighted by molar-refractivity contribution is 7.99. The lowest BCUT2D eigenvalue weighted by molar-refractivity contribution is 0.218. The predicted octanol–water partition coefficient (Wildman–Crippen LogP) is 2.98. The van der Waals surface area contributed by atoms with Gasteiger partial charge in [0.05, 0.1) is 18.3 Å². The minimum Gasteiger partial charge on any atom is -0.464 e. The monoisotopic (exact) mass is 308 g/mol. The Balaban J connectivity index is 2.01. The molecule has 0 atom stereocenters. The Kier molecular flexibility index (Phi) is 3.90. The molecule has 0 radical (unpaired) electrons. The Morgan fingerprint density at radius 1 is 1.55 bits per heavy atom. The molecule has 1 N–H and O–H groups in total. The molecule has 20 heavy (non-hydrogen) atoms. The van der Waals surface area contributed by atoms with E-state index in [0.29, 0.717) is 22.9 Å². The summed E-state index contributed by atoms with van der Waals surface area (Å²) in [5.41, 5.74) is 0.653. The first-order valence-electron chi connectivity index (χ1n) is 5.96. The molecule has 3 heterocycles. The normalized spacial score (nSPS) is 11.2. The van der Waals surface area contributed by atoms with Crippen molar-refractivity contribution < 1.29 is 9.15 Å². The van der Waals surface area contributed by atoms with Crippen molar-refractivity contribution in [2.45, 2.75) is 5.16 Å². The average Bonchev–Trinajstić information content (AvgIpc) is 3.07. The van der Waals surface area contributed by atoms with Gasteiger partial charge in [-0.2, -0.15) is 0 Å². The minimum absolute atomic E-state index is 0.137. The van der Waals surface area contributed by atoms with Crippen LogP contribution in [0.4, 0.5) is 0 Å². The number of nitrogens with zero attached hydrogens (tertiary/aromatic N) is 1. The van der Waals surface area contributed by atoms with Gasteiger partial charge in [0.1, 0.15) is 10.6 Å². The van der Waals surface area contributed by atoms with Crippen LogP contribution in [-0.4, -0.2) is 29.4 Å². The number of methoxy groups -OCH3 is 1. The molecule has 3 rings (SSSR count). The van der Waals surface area contributed by atoms with Crippen molar-refractivity contribution in [2.75, 3.05) is 19.5 Å². The summed E-state index contributed by atoms with van der Waals surface area (Å²) in [7, 11) is 1.65. The third kappa shape index (κ3) is 2.52. The van der Waals surface area contributed by atoms with Gasteiger partial charge in [-0.05, 0) is 12.1 Å². The van der Waals surface area contributed by atoms with Gasteiger partial charge in [0, 0.05) is 23.8 Å². The van der Waals surface area contributed by atoms with Crippen LogP contribution in [0, 0.1) is 0 Å². The molecule has 3 aromatic heterocycles. The number of furan rings is 1. The van der Waals surface area contributed by atoms with Gasteiger partial charge in [-0.3, -0.25) is 4.79 Å². The molecular formula is C13H12N2O3S2. The predicted molar refractivity (Wildman–Crippen MR) is 80.5 cm³/mol. The SMILES string of the molecule is COCCSc1nc2scc(-c3ccco3)c2c(=O)[nH]1. The summed E-state index contributed by atoms with van der Waals surface area (Å²) in [5, 5.41) is 3.10. The molecule has 0 unspecified atom stereocenters. The molecule has 0 bridgehead atoms. The van der Waals surface area contributed by atoms with E-state index in [1.807, 2.05) is 11.4 Å². The molecule has 0 saturated carbocycles. The van der Waals surface area contributed by atoms with Gasteiger partial charge in [-0.15, -0.1) is 11.3 Å². The highest BCUT2D eigenvalue weighted by Crippen LogP contribution is 2.31. The fourth-order valence-electron chi connectivity index (χ4n) is 1.83. The van der Waals surface area contributed by atoms with Crippen LogP contribution in [0.3, 0.4) is 0 Å². The van der Waals surface area contributed by atoms with Gasteiger partial charge in [0.25, 0.3) is 5.56 Å². The van der Waals surface area contributed by atoms with Crippen LogP contribution in [0.15, 0.2) is 38.1 Å². The quantitative estimate of drug-likeness (QED) is 0.446. The number of H-pyrrole nitrogens is 1. The molecule has 0 aliphatic rings. The Labute approximate surface area is 123 Å². The number of nitrogens with one attached hydrogen (secondary N) is 1. The van der Waals surface area contributed by atoms with Crippen molar-refractivity contribution in [3.8, 4) is 11.3 Å². The molecule has 0 aliphatic carbocycles. The van der Waals surface area contributed by atoms with Crippen molar-refractivity contribution in [1.29, 1.82) is 0 Å². The van der Waals surface area contributed by atoms with E-state index in [9.17, 15) is 4.79 Å². The molecular weight excluding hydrogens is 296 g/mol. The lowest BCUT2D eigenvalue weighted by atomic mass is 10.2. The number of rotatable bonds is 5. The van der Waals surface area contributed by atoms with Crippen molar-refractivity contribution >= 4 is 33.3 Å². The summed E-state index contributed by atoms with van der Waals surface area (Å²) in [6.07, 6.45) is 1.59. The Hall–Kier alpha value is -1.57. The largest absolute Gasteiger partial charge is 0.464 e. The zero-order valence-electron chi connectivity index (χ0n) is 10.7. The van der Waals surface area contributed by atoms with Crippen LogP contribution in [0.5, 0.6) is 0 Å². The number of hydrogen-bond acceptors (Lipinski definition) is 6. The summed E-state index contributed by atoms with van der Waals surface area (Å²) < 4.78 is 10.3. The van der Waals surface area contributed by atoms with Crippen molar-refractivity contribution in [3.05, 3.63) is 34.1 Å². The zero-order valence-corrected chi connectivity index (χ0v) is 12.3. The molecule has 3 aromatic rings. The number of hydrogen-bond donors (Lipinski definition) is 1. The molecule has 0 aliphatic heterocycles. The van der Waals surface area contributed by atoms with Crippen LogP contribution in [0.2, 0.25) is 0 Å². The molecule has 0 fully saturated rings. The lowest BCUT2D eigenvalue weighted by Gasteiger charge is -2.00. The average molecular weight is 308 g/mol. The van der Waals surface area contributed by atoms with E-state index in [0.717, 1.165) is 16.1 Å². The molecule has 0 aromatic carbocycles. The fourth-order valence-corrected chi connectivity index (χ4v) is 3.58. The zero-order chi connectivity index (χ0) is 13.9. The number of thiophene rings is 1. The fraction of sp³-hybridized carbons (Fsp3) is 0.231.